The van der Waals surface area contributed by atoms with E-state index in [1.807, 2.05) is 0 Å². The van der Waals surface area contributed by atoms with Gasteiger partial charge in [0.05, 0.1) is 17.0 Å². The maximum absolute atomic E-state index is 11.3. The van der Waals surface area contributed by atoms with Crippen molar-refractivity contribution in [2.24, 2.45) is 15.0 Å². The Bertz CT molecular complexity index is 493. The highest BCUT2D eigenvalue weighted by Gasteiger charge is 2.19. The van der Waals surface area contributed by atoms with E-state index in [4.69, 9.17) is 0 Å². The fraction of sp³-hybridized carbons (Fsp3) is 0.100. The number of carbonyl (C=O) groups excluding carboxylic acids is 2. The van der Waals surface area contributed by atoms with Crippen LogP contribution in [0.4, 0.5) is 0 Å². The van der Waals surface area contributed by atoms with Crippen LogP contribution in [0.15, 0.2) is 38.8 Å². The van der Waals surface area contributed by atoms with Gasteiger partial charge in [0.1, 0.15) is 6.34 Å². The first-order chi connectivity index (χ1) is 7.16. The van der Waals surface area contributed by atoms with Gasteiger partial charge in [0.25, 0.3) is 5.91 Å². The molecule has 15 heavy (non-hydrogen) atoms. The third-order valence-electron chi connectivity index (χ3n) is 1.87. The number of carbonyl (C=O) groups is 2. The van der Waals surface area contributed by atoms with Gasteiger partial charge >= 0.3 is 0 Å². The minimum absolute atomic E-state index is 0.307. The Morgan fingerprint density at radius 3 is 2.93 bits per heavy atom. The summed E-state index contributed by atoms with van der Waals surface area (Å²) in [5.41, 5.74) is 1.37. The first-order valence-electron chi connectivity index (χ1n) is 4.31. The normalized spacial score (nSPS) is 21.1. The van der Waals surface area contributed by atoms with Crippen LogP contribution in [0.3, 0.4) is 0 Å². The molecule has 0 fully saturated rings. The van der Waals surface area contributed by atoms with Gasteiger partial charge in [-0.05, 0) is 18.2 Å². The molecular weight excluding hydrogens is 194 g/mol. The van der Waals surface area contributed by atoms with Crippen molar-refractivity contribution in [2.45, 2.75) is 6.92 Å². The number of hydrogen-bond donors (Lipinski definition) is 0. The molecule has 0 saturated heterocycles. The number of allylic oxidation sites excluding steroid dienone is 3. The van der Waals surface area contributed by atoms with Crippen molar-refractivity contribution in [1.29, 1.82) is 0 Å². The van der Waals surface area contributed by atoms with Crippen LogP contribution in [-0.2, 0) is 9.59 Å². The summed E-state index contributed by atoms with van der Waals surface area (Å²) in [5.74, 6) is -0.667. The largest absolute Gasteiger partial charge is 0.280 e. The quantitative estimate of drug-likeness (QED) is 0.535. The zero-order valence-corrected chi connectivity index (χ0v) is 7.97. The van der Waals surface area contributed by atoms with Gasteiger partial charge in [-0.1, -0.05) is 0 Å². The van der Waals surface area contributed by atoms with E-state index in [0.29, 0.717) is 17.0 Å². The summed E-state index contributed by atoms with van der Waals surface area (Å²) in [6, 6.07) is 0. The monoisotopic (exact) mass is 201 g/mol. The van der Waals surface area contributed by atoms with Gasteiger partial charge in [-0.15, -0.1) is 0 Å². The molecule has 2 amide bonds. The second kappa shape index (κ2) is 3.53. The standard InChI is InChI=1S/C10H7N3O2/c1-6(14)13-7-2-3-9-8(4-7)10(15)12-5-11-9/h2-5H,1H3. The van der Waals surface area contributed by atoms with Gasteiger partial charge < -0.3 is 0 Å². The van der Waals surface area contributed by atoms with Crippen LogP contribution in [0.1, 0.15) is 6.92 Å². The lowest BCUT2D eigenvalue weighted by molar-refractivity contribution is -0.116. The van der Waals surface area contributed by atoms with Crippen LogP contribution < -0.4 is 0 Å². The molecule has 0 aromatic heterocycles. The van der Waals surface area contributed by atoms with E-state index in [2.05, 4.69) is 15.0 Å². The predicted octanol–water partition coefficient (Wildman–Crippen LogP) is 0.480. The Morgan fingerprint density at radius 2 is 2.20 bits per heavy atom. The summed E-state index contributed by atoms with van der Waals surface area (Å²) in [6.07, 6.45) is 6.00. The Hall–Kier alpha value is -2.17. The fourth-order valence-corrected chi connectivity index (χ4v) is 1.27. The van der Waals surface area contributed by atoms with E-state index in [0.717, 1.165) is 0 Å². The van der Waals surface area contributed by atoms with Gasteiger partial charge in [-0.25, -0.2) is 9.98 Å². The van der Waals surface area contributed by atoms with Gasteiger partial charge in [0, 0.05) is 6.92 Å². The minimum atomic E-state index is -0.361. The maximum atomic E-state index is 11.3. The Morgan fingerprint density at radius 1 is 1.40 bits per heavy atom. The van der Waals surface area contributed by atoms with Gasteiger partial charge in [0.15, 0.2) is 0 Å². The van der Waals surface area contributed by atoms with E-state index in [-0.39, 0.29) is 11.8 Å². The Labute approximate surface area is 85.6 Å². The van der Waals surface area contributed by atoms with Crippen molar-refractivity contribution in [3.8, 4) is 0 Å². The summed E-state index contributed by atoms with van der Waals surface area (Å²) < 4.78 is 0. The zero-order valence-electron chi connectivity index (χ0n) is 7.97. The van der Waals surface area contributed by atoms with Gasteiger partial charge in [-0.3, -0.25) is 9.59 Å². The smallest absolute Gasteiger partial charge is 0.273 e. The third-order valence-corrected chi connectivity index (χ3v) is 1.87. The first kappa shape index (κ1) is 9.39. The molecule has 0 N–H and O–H groups in total. The molecule has 0 aromatic carbocycles. The van der Waals surface area contributed by atoms with Crippen LogP contribution in [0, 0.1) is 0 Å². The van der Waals surface area contributed by atoms with E-state index in [1.54, 1.807) is 12.2 Å². The molecule has 0 saturated carbocycles. The minimum Gasteiger partial charge on any atom is -0.273 e. The average molecular weight is 201 g/mol. The van der Waals surface area contributed by atoms with Gasteiger partial charge in [-0.2, -0.15) is 4.99 Å². The van der Waals surface area contributed by atoms with Crippen LogP contribution >= 0.6 is 0 Å². The lowest BCUT2D eigenvalue weighted by Gasteiger charge is -2.10. The number of rotatable bonds is 0. The first-order valence-corrected chi connectivity index (χ1v) is 4.31. The number of amides is 2. The number of aliphatic imine (C=N–C) groups is 3. The molecule has 0 spiro atoms. The summed E-state index contributed by atoms with van der Waals surface area (Å²) >= 11 is 0. The molecule has 0 radical (unpaired) electrons. The molecule has 5 heteroatoms. The summed E-state index contributed by atoms with van der Waals surface area (Å²) in [4.78, 5) is 33.3. The Balaban J connectivity index is 2.42. The summed E-state index contributed by atoms with van der Waals surface area (Å²) in [7, 11) is 0. The lowest BCUT2D eigenvalue weighted by Crippen LogP contribution is -2.18. The third kappa shape index (κ3) is 1.85. The van der Waals surface area contributed by atoms with Crippen molar-refractivity contribution in [2.75, 3.05) is 0 Å². The molecular formula is C10H7N3O2. The van der Waals surface area contributed by atoms with Crippen LogP contribution in [0.25, 0.3) is 0 Å². The molecule has 2 aliphatic rings. The highest BCUT2D eigenvalue weighted by Crippen LogP contribution is 2.12. The van der Waals surface area contributed by atoms with E-state index >= 15 is 0 Å². The summed E-state index contributed by atoms with van der Waals surface area (Å²) in [5, 5.41) is 0. The molecule has 0 unspecified atom stereocenters. The molecule has 2 rings (SSSR count). The second-order valence-electron chi connectivity index (χ2n) is 3.01. The predicted molar refractivity (Wildman–Crippen MR) is 56.3 cm³/mol. The second-order valence-corrected chi connectivity index (χ2v) is 3.01. The van der Waals surface area contributed by atoms with E-state index in [1.165, 1.54) is 19.3 Å². The topological polar surface area (TPSA) is 71.2 Å². The number of nitrogens with zero attached hydrogens (tertiary/aromatic N) is 3. The average Bonchev–Trinajstić information content (AvgIpc) is 2.18. The van der Waals surface area contributed by atoms with Crippen molar-refractivity contribution >= 4 is 29.6 Å². The Kier molecular flexibility index (Phi) is 2.21. The van der Waals surface area contributed by atoms with Crippen LogP contribution in [0.2, 0.25) is 0 Å². The molecule has 1 aliphatic carbocycles. The van der Waals surface area contributed by atoms with Crippen molar-refractivity contribution in [3.05, 3.63) is 23.8 Å². The summed E-state index contributed by atoms with van der Waals surface area (Å²) in [6.45, 7) is 1.35. The maximum Gasteiger partial charge on any atom is 0.280 e. The van der Waals surface area contributed by atoms with Gasteiger partial charge in [0.2, 0.25) is 5.91 Å². The molecule has 1 heterocycles. The highest BCUT2D eigenvalue weighted by atomic mass is 16.1. The molecule has 1 aliphatic heterocycles. The molecule has 74 valence electrons. The van der Waals surface area contributed by atoms with Crippen molar-refractivity contribution in [3.63, 3.8) is 0 Å². The fourth-order valence-electron chi connectivity index (χ4n) is 1.27. The number of hydrogen-bond acceptors (Lipinski definition) is 3. The SMILES string of the molecule is CC(=O)N=C1C=CC2=NC=NC(=O)C2=C1. The highest BCUT2D eigenvalue weighted by molar-refractivity contribution is 6.36. The van der Waals surface area contributed by atoms with Crippen LogP contribution in [-0.4, -0.2) is 29.6 Å². The molecule has 0 aromatic rings. The van der Waals surface area contributed by atoms with Crippen molar-refractivity contribution < 1.29 is 9.59 Å². The number of fused-ring (bicyclic) bond motifs is 1. The zero-order chi connectivity index (χ0) is 10.8. The molecule has 0 bridgehead atoms. The molecule has 0 atom stereocenters. The molecule has 5 nitrogen and oxygen atoms in total. The van der Waals surface area contributed by atoms with Crippen LogP contribution in [0.5, 0.6) is 0 Å². The lowest BCUT2D eigenvalue weighted by atomic mass is 10.0. The van der Waals surface area contributed by atoms with E-state index in [9.17, 15) is 9.59 Å². The van der Waals surface area contributed by atoms with E-state index < -0.39 is 0 Å². The van der Waals surface area contributed by atoms with Crippen molar-refractivity contribution in [1.82, 2.24) is 0 Å².